The van der Waals surface area contributed by atoms with Crippen LogP contribution in [0.15, 0.2) is 140 Å². The molecular weight excluding hydrogens is 470 g/mol. The smallest absolute Gasteiger partial charge is 0.0546 e. The first-order chi connectivity index (χ1) is 19.4. The van der Waals surface area contributed by atoms with E-state index in [1.54, 1.807) is 0 Å². The molecule has 0 unspecified atom stereocenters. The van der Waals surface area contributed by atoms with Gasteiger partial charge in [0.15, 0.2) is 0 Å². The van der Waals surface area contributed by atoms with Gasteiger partial charge in [0.2, 0.25) is 0 Å². The highest BCUT2D eigenvalue weighted by Gasteiger charge is 2.24. The highest BCUT2D eigenvalue weighted by atomic mass is 15.2. The van der Waals surface area contributed by atoms with Gasteiger partial charge in [0.25, 0.3) is 0 Å². The number of benzene rings is 7. The second-order valence-electron chi connectivity index (χ2n) is 10.5. The van der Waals surface area contributed by atoms with Gasteiger partial charge in [0.1, 0.15) is 0 Å². The molecule has 1 aliphatic rings. The molecule has 0 radical (unpaired) electrons. The zero-order valence-corrected chi connectivity index (χ0v) is 21.6. The molecule has 7 aromatic carbocycles. The molecule has 0 aliphatic carbocycles. The van der Waals surface area contributed by atoms with Crippen molar-refractivity contribution < 1.29 is 0 Å². The maximum atomic E-state index is 2.51. The van der Waals surface area contributed by atoms with Gasteiger partial charge in [0, 0.05) is 16.8 Å². The van der Waals surface area contributed by atoms with Gasteiger partial charge in [-0.05, 0) is 86.3 Å². The third kappa shape index (κ3) is 3.47. The summed E-state index contributed by atoms with van der Waals surface area (Å²) in [7, 11) is 0. The van der Waals surface area contributed by atoms with Crippen molar-refractivity contribution in [3.63, 3.8) is 0 Å². The van der Waals surface area contributed by atoms with Gasteiger partial charge >= 0.3 is 0 Å². The number of hydrogen-bond acceptors (Lipinski definition) is 1. The molecule has 7 aromatic rings. The normalized spacial score (nSPS) is 12.9. The van der Waals surface area contributed by atoms with Crippen molar-refractivity contribution in [2.75, 3.05) is 4.90 Å². The lowest BCUT2D eigenvalue weighted by atomic mass is 9.90. The quantitative estimate of drug-likeness (QED) is 0.215. The molecule has 39 heavy (non-hydrogen) atoms. The Bertz CT molecular complexity index is 1970. The molecule has 0 spiro atoms. The van der Waals surface area contributed by atoms with E-state index in [1.165, 1.54) is 71.6 Å². The molecule has 184 valence electrons. The Morgan fingerprint density at radius 1 is 0.410 bits per heavy atom. The number of aryl methyl sites for hydroxylation is 2. The molecule has 1 nitrogen and oxygen atoms in total. The van der Waals surface area contributed by atoms with E-state index in [-0.39, 0.29) is 0 Å². The Hall–Kier alpha value is -4.88. The van der Waals surface area contributed by atoms with E-state index in [1.807, 2.05) is 0 Å². The van der Waals surface area contributed by atoms with Crippen molar-refractivity contribution in [1.82, 2.24) is 0 Å². The minimum Gasteiger partial charge on any atom is -0.309 e. The van der Waals surface area contributed by atoms with Crippen molar-refractivity contribution in [3.05, 3.63) is 151 Å². The molecular formula is C38H27N. The van der Waals surface area contributed by atoms with Gasteiger partial charge in [-0.2, -0.15) is 0 Å². The van der Waals surface area contributed by atoms with Crippen LogP contribution in [0.3, 0.4) is 0 Å². The van der Waals surface area contributed by atoms with Crippen LogP contribution in [0, 0.1) is 0 Å². The minimum absolute atomic E-state index is 1.04. The van der Waals surface area contributed by atoms with E-state index in [9.17, 15) is 0 Å². The van der Waals surface area contributed by atoms with Crippen molar-refractivity contribution in [3.8, 4) is 11.1 Å². The van der Waals surface area contributed by atoms with Crippen molar-refractivity contribution >= 4 is 49.4 Å². The van der Waals surface area contributed by atoms with Gasteiger partial charge < -0.3 is 4.90 Å². The maximum absolute atomic E-state index is 2.51. The third-order valence-electron chi connectivity index (χ3n) is 8.29. The molecule has 0 saturated carbocycles. The average molecular weight is 498 g/mol. The number of anilines is 3. The molecule has 8 rings (SSSR count). The van der Waals surface area contributed by atoms with Crippen LogP contribution in [0.4, 0.5) is 17.1 Å². The Labute approximate surface area is 228 Å². The lowest BCUT2D eigenvalue weighted by molar-refractivity contribution is 0.977. The Morgan fingerprint density at radius 3 is 1.59 bits per heavy atom. The van der Waals surface area contributed by atoms with Crippen molar-refractivity contribution in [2.45, 2.75) is 12.8 Å². The zero-order valence-electron chi connectivity index (χ0n) is 21.6. The lowest BCUT2D eigenvalue weighted by Gasteiger charge is -2.29. The Kier molecular flexibility index (Phi) is 5.03. The molecule has 1 heteroatoms. The average Bonchev–Trinajstić information content (AvgIpc) is 3.17. The van der Waals surface area contributed by atoms with E-state index < -0.39 is 0 Å². The summed E-state index contributed by atoms with van der Waals surface area (Å²) in [6.45, 7) is 0. The Morgan fingerprint density at radius 2 is 0.923 bits per heavy atom. The molecule has 0 bridgehead atoms. The summed E-state index contributed by atoms with van der Waals surface area (Å²) in [6.07, 6.45) is 2.08. The first-order valence-electron chi connectivity index (χ1n) is 13.8. The van der Waals surface area contributed by atoms with Crippen LogP contribution in [-0.4, -0.2) is 0 Å². The predicted octanol–water partition coefficient (Wildman–Crippen LogP) is 10.4. The van der Waals surface area contributed by atoms with Crippen LogP contribution < -0.4 is 4.90 Å². The Balaban J connectivity index is 1.52. The fourth-order valence-corrected chi connectivity index (χ4v) is 6.54. The molecule has 0 saturated heterocycles. The summed E-state index contributed by atoms with van der Waals surface area (Å²) in [5, 5.41) is 7.74. The topological polar surface area (TPSA) is 3.24 Å². The number of rotatable bonds is 2. The molecule has 0 aromatic heterocycles. The van der Waals surface area contributed by atoms with Crippen LogP contribution in [0.5, 0.6) is 0 Å². The largest absolute Gasteiger partial charge is 0.309 e. The first-order valence-corrected chi connectivity index (χ1v) is 13.8. The standard InChI is InChI=1S/C38H27N/c1-2-12-26(13-3-1)34-24-29-25-37(31-17-7-9-19-33(31)38(29)32-18-8-6-16-30(32)34)39-35-20-10-4-14-27(35)22-23-28-15-5-11-21-36(28)39/h1-21,24-25H,22-23H2. The molecule has 0 N–H and O–H groups in total. The van der Waals surface area contributed by atoms with Crippen molar-refractivity contribution in [1.29, 1.82) is 0 Å². The summed E-state index contributed by atoms with van der Waals surface area (Å²) in [5.74, 6) is 0. The summed E-state index contributed by atoms with van der Waals surface area (Å²) < 4.78 is 0. The third-order valence-corrected chi connectivity index (χ3v) is 8.29. The highest BCUT2D eigenvalue weighted by molar-refractivity contribution is 6.26. The van der Waals surface area contributed by atoms with E-state index in [2.05, 4.69) is 144 Å². The minimum atomic E-state index is 1.04. The van der Waals surface area contributed by atoms with E-state index in [4.69, 9.17) is 0 Å². The van der Waals surface area contributed by atoms with Gasteiger partial charge in [-0.1, -0.05) is 115 Å². The molecule has 0 fully saturated rings. The van der Waals surface area contributed by atoms with Gasteiger partial charge in [0.05, 0.1) is 5.69 Å². The molecule has 1 aliphatic heterocycles. The number of fused-ring (bicyclic) bond motifs is 7. The van der Waals surface area contributed by atoms with Crippen LogP contribution >= 0.6 is 0 Å². The van der Waals surface area contributed by atoms with E-state index in [0.29, 0.717) is 0 Å². The second kappa shape index (κ2) is 8.85. The number of nitrogens with zero attached hydrogens (tertiary/aromatic N) is 1. The monoisotopic (exact) mass is 497 g/mol. The highest BCUT2D eigenvalue weighted by Crippen LogP contribution is 2.47. The summed E-state index contributed by atoms with van der Waals surface area (Å²) in [5.41, 5.74) is 9.08. The first kappa shape index (κ1) is 22.1. The van der Waals surface area contributed by atoms with Gasteiger partial charge in [-0.25, -0.2) is 0 Å². The summed E-state index contributed by atoms with van der Waals surface area (Å²) >= 11 is 0. The zero-order chi connectivity index (χ0) is 25.8. The lowest BCUT2D eigenvalue weighted by Crippen LogP contribution is -2.12. The summed E-state index contributed by atoms with van der Waals surface area (Å²) in [6, 6.07) is 51.3. The fourth-order valence-electron chi connectivity index (χ4n) is 6.54. The molecule has 0 atom stereocenters. The molecule has 0 amide bonds. The summed E-state index contributed by atoms with van der Waals surface area (Å²) in [4.78, 5) is 2.51. The maximum Gasteiger partial charge on any atom is 0.0546 e. The SMILES string of the molecule is c1ccc(-c2cc3cc(N4c5ccccc5CCc5ccccc54)c4ccccc4c3c3ccccc23)cc1. The predicted molar refractivity (Wildman–Crippen MR) is 166 cm³/mol. The van der Waals surface area contributed by atoms with Crippen LogP contribution in [-0.2, 0) is 12.8 Å². The van der Waals surface area contributed by atoms with Crippen LogP contribution in [0.25, 0.3) is 43.4 Å². The number of hydrogen-bond donors (Lipinski definition) is 0. The van der Waals surface area contributed by atoms with E-state index in [0.717, 1.165) is 12.8 Å². The number of para-hydroxylation sites is 2. The van der Waals surface area contributed by atoms with Gasteiger partial charge in [-0.15, -0.1) is 0 Å². The molecule has 1 heterocycles. The fraction of sp³-hybridized carbons (Fsp3) is 0.0526. The van der Waals surface area contributed by atoms with Crippen LogP contribution in [0.2, 0.25) is 0 Å². The van der Waals surface area contributed by atoms with Gasteiger partial charge in [-0.3, -0.25) is 0 Å². The van der Waals surface area contributed by atoms with E-state index >= 15 is 0 Å². The van der Waals surface area contributed by atoms with Crippen molar-refractivity contribution in [2.24, 2.45) is 0 Å². The van der Waals surface area contributed by atoms with Crippen LogP contribution in [0.1, 0.15) is 11.1 Å². The second-order valence-corrected chi connectivity index (χ2v) is 10.5.